The van der Waals surface area contributed by atoms with Gasteiger partial charge in [-0.2, -0.15) is 0 Å². The fraction of sp³-hybridized carbons (Fsp3) is 0.364. The summed E-state index contributed by atoms with van der Waals surface area (Å²) in [6, 6.07) is 3.52. The van der Waals surface area contributed by atoms with E-state index in [2.05, 4.69) is 20.6 Å². The summed E-state index contributed by atoms with van der Waals surface area (Å²) in [6.07, 6.45) is 5.30. The Morgan fingerprint density at radius 1 is 1.15 bits per heavy atom. The van der Waals surface area contributed by atoms with Crippen LogP contribution in [0.5, 0.6) is 0 Å². The minimum Gasteiger partial charge on any atom is -0.354 e. The quantitative estimate of drug-likeness (QED) is 0.669. The lowest BCUT2D eigenvalue weighted by atomic mass is 10.0. The highest BCUT2D eigenvalue weighted by atomic mass is 19.1. The highest BCUT2D eigenvalue weighted by molar-refractivity contribution is 5.99. The second kappa shape index (κ2) is 9.72. The lowest BCUT2D eigenvalue weighted by Crippen LogP contribution is -2.63. The predicted molar refractivity (Wildman–Crippen MR) is 113 cm³/mol. The maximum Gasteiger partial charge on any atom is 0.274 e. The molecule has 3 heterocycles. The number of piperazine rings is 1. The van der Waals surface area contributed by atoms with Crippen LogP contribution in [0, 0.1) is 5.82 Å². The molecule has 33 heavy (non-hydrogen) atoms. The molecule has 10 nitrogen and oxygen atoms in total. The number of rotatable bonds is 4. The third kappa shape index (κ3) is 4.97. The predicted octanol–water partition coefficient (Wildman–Crippen LogP) is -0.0227. The van der Waals surface area contributed by atoms with Crippen LogP contribution in [-0.4, -0.2) is 81.7 Å². The number of hydrogen-bond donors (Lipinski definition) is 2. The lowest BCUT2D eigenvalue weighted by molar-refractivity contribution is -0.133. The molecule has 2 aromatic rings. The van der Waals surface area contributed by atoms with Gasteiger partial charge in [-0.1, -0.05) is 6.07 Å². The molecule has 1 aromatic carbocycles. The first kappa shape index (κ1) is 22.3. The monoisotopic (exact) mass is 454 g/mol. The number of amides is 4. The summed E-state index contributed by atoms with van der Waals surface area (Å²) < 4.78 is 13.6. The first-order valence-corrected chi connectivity index (χ1v) is 10.6. The van der Waals surface area contributed by atoms with E-state index in [1.165, 1.54) is 46.6 Å². The third-order valence-electron chi connectivity index (χ3n) is 5.69. The Labute approximate surface area is 189 Å². The highest BCUT2D eigenvalue weighted by Gasteiger charge is 2.39. The second-order valence-electron chi connectivity index (χ2n) is 7.86. The summed E-state index contributed by atoms with van der Waals surface area (Å²) in [6.45, 7) is 0.643. The molecule has 11 heteroatoms. The van der Waals surface area contributed by atoms with Crippen LogP contribution in [0.15, 0.2) is 42.9 Å². The Morgan fingerprint density at radius 2 is 2.00 bits per heavy atom. The van der Waals surface area contributed by atoms with Crippen LogP contribution in [0.1, 0.15) is 33.7 Å². The van der Waals surface area contributed by atoms with Crippen LogP contribution < -0.4 is 10.6 Å². The molecule has 0 radical (unpaired) electrons. The van der Waals surface area contributed by atoms with Gasteiger partial charge in [0.1, 0.15) is 23.6 Å². The van der Waals surface area contributed by atoms with Crippen LogP contribution in [0.25, 0.3) is 0 Å². The van der Waals surface area contributed by atoms with Crippen LogP contribution >= 0.6 is 0 Å². The van der Waals surface area contributed by atoms with Crippen molar-refractivity contribution < 1.29 is 23.6 Å². The Hall–Kier alpha value is -3.89. The highest BCUT2D eigenvalue weighted by Crippen LogP contribution is 2.17. The number of carbonyl (C=O) groups is 4. The molecule has 0 spiro atoms. The summed E-state index contributed by atoms with van der Waals surface area (Å²) in [5.74, 6) is -2.34. The van der Waals surface area contributed by atoms with E-state index < -0.39 is 35.6 Å². The average molecular weight is 454 g/mol. The van der Waals surface area contributed by atoms with Crippen LogP contribution in [0.3, 0.4) is 0 Å². The van der Waals surface area contributed by atoms with Crippen molar-refractivity contribution in [3.63, 3.8) is 0 Å². The van der Waals surface area contributed by atoms with Crippen molar-refractivity contribution in [1.29, 1.82) is 0 Å². The fourth-order valence-electron chi connectivity index (χ4n) is 3.97. The van der Waals surface area contributed by atoms with Gasteiger partial charge in [0.15, 0.2) is 0 Å². The van der Waals surface area contributed by atoms with Gasteiger partial charge in [0.25, 0.3) is 11.8 Å². The normalized spacial score (nSPS) is 20.7. The number of nitrogens with zero attached hydrogens (tertiary/aromatic N) is 4. The fourth-order valence-corrected chi connectivity index (χ4v) is 3.97. The largest absolute Gasteiger partial charge is 0.354 e. The van der Waals surface area contributed by atoms with Gasteiger partial charge >= 0.3 is 0 Å². The summed E-state index contributed by atoms with van der Waals surface area (Å²) >= 11 is 0. The second-order valence-corrected chi connectivity index (χ2v) is 7.86. The summed E-state index contributed by atoms with van der Waals surface area (Å²) in [5, 5.41) is 5.41. The molecule has 2 atom stereocenters. The minimum atomic E-state index is -1.06. The smallest absolute Gasteiger partial charge is 0.274 e. The summed E-state index contributed by atoms with van der Waals surface area (Å²) in [4.78, 5) is 62.0. The van der Waals surface area contributed by atoms with Gasteiger partial charge in [-0.25, -0.2) is 9.37 Å². The molecule has 2 aliphatic heterocycles. The van der Waals surface area contributed by atoms with Crippen molar-refractivity contribution in [2.45, 2.75) is 24.9 Å². The number of halogens is 1. The van der Waals surface area contributed by atoms with Crippen molar-refractivity contribution in [1.82, 2.24) is 30.4 Å². The maximum atomic E-state index is 13.6. The minimum absolute atomic E-state index is 0.0609. The summed E-state index contributed by atoms with van der Waals surface area (Å²) in [7, 11) is 0. The number of hydrogen-bond acceptors (Lipinski definition) is 6. The molecule has 0 unspecified atom stereocenters. The molecule has 0 saturated carbocycles. The van der Waals surface area contributed by atoms with E-state index in [0.29, 0.717) is 19.4 Å². The zero-order valence-corrected chi connectivity index (χ0v) is 17.7. The topological polar surface area (TPSA) is 125 Å². The van der Waals surface area contributed by atoms with Gasteiger partial charge in [-0.15, -0.1) is 0 Å². The first-order chi connectivity index (χ1) is 15.9. The van der Waals surface area contributed by atoms with E-state index in [-0.39, 0.29) is 36.8 Å². The number of nitrogens with one attached hydrogen (secondary N) is 2. The molecule has 2 saturated heterocycles. The summed E-state index contributed by atoms with van der Waals surface area (Å²) in [5.41, 5.74) is 0.213. The van der Waals surface area contributed by atoms with Crippen molar-refractivity contribution in [3.05, 3.63) is 59.9 Å². The Morgan fingerprint density at radius 3 is 2.73 bits per heavy atom. The van der Waals surface area contributed by atoms with Crippen molar-refractivity contribution in [3.8, 4) is 0 Å². The van der Waals surface area contributed by atoms with E-state index in [1.54, 1.807) is 0 Å². The Kier molecular flexibility index (Phi) is 6.57. The average Bonchev–Trinajstić information content (AvgIpc) is 2.84. The first-order valence-electron chi connectivity index (χ1n) is 10.6. The van der Waals surface area contributed by atoms with Crippen molar-refractivity contribution in [2.24, 2.45) is 0 Å². The molecule has 0 bridgehead atoms. The number of piperidine rings is 1. The van der Waals surface area contributed by atoms with E-state index >= 15 is 0 Å². The molecular weight excluding hydrogens is 431 g/mol. The number of benzene rings is 1. The Bertz CT molecular complexity index is 1070. The molecule has 4 amide bonds. The van der Waals surface area contributed by atoms with Crippen LogP contribution in [-0.2, 0) is 9.59 Å². The lowest BCUT2D eigenvalue weighted by Gasteiger charge is -2.41. The zero-order chi connectivity index (χ0) is 23.4. The van der Waals surface area contributed by atoms with Crippen LogP contribution in [0.2, 0.25) is 0 Å². The molecule has 0 aliphatic carbocycles. The number of carbonyl (C=O) groups excluding carboxylic acids is 4. The van der Waals surface area contributed by atoms with E-state index in [1.807, 2.05) is 0 Å². The van der Waals surface area contributed by atoms with Gasteiger partial charge in [0.2, 0.25) is 11.8 Å². The standard InChI is InChI=1S/C22H23FN6O4/c23-15-4-1-3-14(11-15)21(32)28-9-10-29(22(33)17-12-24-7-8-25-17)18(13-28)20(31)27-16-5-2-6-26-19(16)30/h1,3-4,7-8,11-12,16,18H,2,5-6,9-10,13H2,(H,26,30)(H,27,31)/t16-,18+/m1/s1. The molecule has 172 valence electrons. The van der Waals surface area contributed by atoms with Crippen LogP contribution in [0.4, 0.5) is 4.39 Å². The van der Waals surface area contributed by atoms with E-state index in [9.17, 15) is 23.6 Å². The molecule has 2 fully saturated rings. The van der Waals surface area contributed by atoms with Crippen molar-refractivity contribution in [2.75, 3.05) is 26.2 Å². The molecule has 4 rings (SSSR count). The molecule has 2 aliphatic rings. The van der Waals surface area contributed by atoms with Gasteiger partial charge in [0, 0.05) is 37.6 Å². The molecule has 2 N–H and O–H groups in total. The van der Waals surface area contributed by atoms with Gasteiger partial charge in [0.05, 0.1) is 12.7 Å². The maximum absolute atomic E-state index is 13.6. The van der Waals surface area contributed by atoms with Gasteiger partial charge < -0.3 is 20.4 Å². The number of aromatic nitrogens is 2. The Balaban J connectivity index is 1.56. The van der Waals surface area contributed by atoms with Crippen molar-refractivity contribution >= 4 is 23.6 Å². The van der Waals surface area contributed by atoms with Gasteiger partial charge in [-0.3, -0.25) is 24.2 Å². The SMILES string of the molecule is O=C1NCCC[C@H]1NC(=O)[C@@H]1CN(C(=O)c2cccc(F)c2)CCN1C(=O)c1cnccn1. The van der Waals surface area contributed by atoms with Gasteiger partial charge in [-0.05, 0) is 31.0 Å². The molecular formula is C22H23FN6O4. The third-order valence-corrected chi connectivity index (χ3v) is 5.69. The van der Waals surface area contributed by atoms with E-state index in [4.69, 9.17) is 0 Å². The molecule has 1 aromatic heterocycles. The van der Waals surface area contributed by atoms with E-state index in [0.717, 1.165) is 6.07 Å². The zero-order valence-electron chi connectivity index (χ0n) is 17.7.